The third-order valence-electron chi connectivity index (χ3n) is 3.54. The molecule has 0 bridgehead atoms. The van der Waals surface area contributed by atoms with Crippen LogP contribution in [0, 0.1) is 5.82 Å². The van der Waals surface area contributed by atoms with E-state index in [1.165, 1.54) is 17.7 Å². The zero-order valence-corrected chi connectivity index (χ0v) is 12.3. The van der Waals surface area contributed by atoms with Crippen LogP contribution in [0.1, 0.15) is 11.1 Å². The molecule has 0 saturated heterocycles. The summed E-state index contributed by atoms with van der Waals surface area (Å²) >= 11 is 3.30. The van der Waals surface area contributed by atoms with Gasteiger partial charge in [0.15, 0.2) is 5.78 Å². The van der Waals surface area contributed by atoms with Gasteiger partial charge in [-0.15, -0.1) is 0 Å². The summed E-state index contributed by atoms with van der Waals surface area (Å²) in [4.78, 5) is 12.3. The lowest BCUT2D eigenvalue weighted by atomic mass is 10.0. The first-order valence-electron chi connectivity index (χ1n) is 6.44. The highest BCUT2D eigenvalue weighted by Crippen LogP contribution is 2.27. The minimum absolute atomic E-state index is 0.119. The van der Waals surface area contributed by atoms with E-state index in [9.17, 15) is 9.18 Å². The minimum atomic E-state index is -0.306. The summed E-state index contributed by atoms with van der Waals surface area (Å²) in [5, 5.41) is 3.25. The predicted molar refractivity (Wildman–Crippen MR) is 80.4 cm³/mol. The largest absolute Gasteiger partial charge is 0.375 e. The Hall–Kier alpha value is -1.68. The zero-order chi connectivity index (χ0) is 14.1. The Morgan fingerprint density at radius 3 is 2.85 bits per heavy atom. The average Bonchev–Trinajstić information content (AvgIpc) is 2.86. The molecule has 20 heavy (non-hydrogen) atoms. The summed E-state index contributed by atoms with van der Waals surface area (Å²) in [5.41, 5.74) is 3.02. The van der Waals surface area contributed by atoms with E-state index in [1.807, 2.05) is 24.3 Å². The van der Waals surface area contributed by atoms with Crippen LogP contribution in [0.25, 0.3) is 0 Å². The molecule has 1 heterocycles. The van der Waals surface area contributed by atoms with Crippen molar-refractivity contribution in [1.82, 2.24) is 0 Å². The van der Waals surface area contributed by atoms with Crippen LogP contribution in [0.3, 0.4) is 0 Å². The maximum absolute atomic E-state index is 13.0. The molecule has 0 fully saturated rings. The van der Waals surface area contributed by atoms with Gasteiger partial charge in [0.2, 0.25) is 0 Å². The standard InChI is InChI=1S/C16H13BrFNO/c17-13-9-12(18)6-5-10(13)8-16(20)15-7-11-3-1-2-4-14(11)19-15/h1-6,9,15,19H,7-8H2. The molecule has 1 aliphatic heterocycles. The van der Waals surface area contributed by atoms with E-state index in [4.69, 9.17) is 0 Å². The first kappa shape index (κ1) is 13.3. The van der Waals surface area contributed by atoms with Crippen molar-refractivity contribution in [2.24, 2.45) is 0 Å². The Morgan fingerprint density at radius 1 is 1.30 bits per heavy atom. The molecule has 4 heteroatoms. The molecule has 1 atom stereocenters. The van der Waals surface area contributed by atoms with Gasteiger partial charge in [-0.3, -0.25) is 4.79 Å². The van der Waals surface area contributed by atoms with Crippen molar-refractivity contribution in [3.8, 4) is 0 Å². The quantitative estimate of drug-likeness (QED) is 0.927. The number of carbonyl (C=O) groups excluding carboxylic acids is 1. The van der Waals surface area contributed by atoms with Gasteiger partial charge in [0.05, 0.1) is 6.04 Å². The topological polar surface area (TPSA) is 29.1 Å². The Labute approximate surface area is 125 Å². The Kier molecular flexibility index (Phi) is 3.57. The van der Waals surface area contributed by atoms with Crippen molar-refractivity contribution in [3.05, 3.63) is 63.9 Å². The fourth-order valence-electron chi connectivity index (χ4n) is 2.47. The number of rotatable bonds is 3. The first-order chi connectivity index (χ1) is 9.63. The fraction of sp³-hybridized carbons (Fsp3) is 0.188. The van der Waals surface area contributed by atoms with E-state index >= 15 is 0 Å². The highest BCUT2D eigenvalue weighted by molar-refractivity contribution is 9.10. The molecule has 2 nitrogen and oxygen atoms in total. The molecule has 3 rings (SSSR count). The second-order valence-corrected chi connectivity index (χ2v) is 5.79. The smallest absolute Gasteiger partial charge is 0.159 e. The number of benzene rings is 2. The number of Topliss-reactive ketones (excluding diaryl/α,β-unsaturated/α-hetero) is 1. The highest BCUT2D eigenvalue weighted by atomic mass is 79.9. The number of hydrogen-bond donors (Lipinski definition) is 1. The highest BCUT2D eigenvalue weighted by Gasteiger charge is 2.26. The fourth-order valence-corrected chi connectivity index (χ4v) is 2.96. The number of nitrogens with one attached hydrogen (secondary N) is 1. The number of anilines is 1. The van der Waals surface area contributed by atoms with Crippen LogP contribution in [0.15, 0.2) is 46.9 Å². The van der Waals surface area contributed by atoms with Gasteiger partial charge in [0, 0.05) is 23.0 Å². The van der Waals surface area contributed by atoms with Gasteiger partial charge in [0.25, 0.3) is 0 Å². The van der Waals surface area contributed by atoms with Gasteiger partial charge in [-0.1, -0.05) is 40.2 Å². The van der Waals surface area contributed by atoms with Crippen LogP contribution in [0.5, 0.6) is 0 Å². The van der Waals surface area contributed by atoms with Crippen LogP contribution in [0.4, 0.5) is 10.1 Å². The third kappa shape index (κ3) is 2.61. The SMILES string of the molecule is O=C(Cc1ccc(F)cc1Br)C1Cc2ccccc2N1. The van der Waals surface area contributed by atoms with E-state index < -0.39 is 0 Å². The molecule has 0 aliphatic carbocycles. The van der Waals surface area contributed by atoms with E-state index in [-0.39, 0.29) is 17.6 Å². The normalized spacial score (nSPS) is 16.6. The Morgan fingerprint density at radius 2 is 2.10 bits per heavy atom. The molecular formula is C16H13BrFNO. The van der Waals surface area contributed by atoms with Gasteiger partial charge in [0.1, 0.15) is 5.82 Å². The average molecular weight is 334 g/mol. The van der Waals surface area contributed by atoms with Crippen molar-refractivity contribution in [3.63, 3.8) is 0 Å². The first-order valence-corrected chi connectivity index (χ1v) is 7.24. The number of halogens is 2. The maximum Gasteiger partial charge on any atom is 0.159 e. The number of carbonyl (C=O) groups is 1. The summed E-state index contributed by atoms with van der Waals surface area (Å²) < 4.78 is 13.7. The second-order valence-electron chi connectivity index (χ2n) is 4.94. The summed E-state index contributed by atoms with van der Waals surface area (Å²) in [6.07, 6.45) is 1.01. The summed E-state index contributed by atoms with van der Waals surface area (Å²) in [7, 11) is 0. The zero-order valence-electron chi connectivity index (χ0n) is 10.7. The van der Waals surface area contributed by atoms with Crippen LogP contribution in [-0.4, -0.2) is 11.8 Å². The Balaban J connectivity index is 1.72. The molecule has 1 N–H and O–H groups in total. The molecule has 2 aromatic carbocycles. The van der Waals surface area contributed by atoms with Gasteiger partial charge >= 0.3 is 0 Å². The summed E-state index contributed by atoms with van der Waals surface area (Å²) in [6, 6.07) is 12.2. The van der Waals surface area contributed by atoms with E-state index in [1.54, 1.807) is 6.07 Å². The Bertz CT molecular complexity index is 646. The molecule has 0 aromatic heterocycles. The van der Waals surface area contributed by atoms with Crippen molar-refractivity contribution in [2.45, 2.75) is 18.9 Å². The molecule has 0 spiro atoms. The van der Waals surface area contributed by atoms with Crippen molar-refractivity contribution >= 4 is 27.4 Å². The van der Waals surface area contributed by atoms with Crippen LogP contribution >= 0.6 is 15.9 Å². The molecule has 102 valence electrons. The van der Waals surface area contributed by atoms with E-state index in [0.717, 1.165) is 11.3 Å². The number of fused-ring (bicyclic) bond motifs is 1. The maximum atomic E-state index is 13.0. The van der Waals surface area contributed by atoms with E-state index in [0.29, 0.717) is 17.3 Å². The lowest BCUT2D eigenvalue weighted by Crippen LogP contribution is -2.28. The van der Waals surface area contributed by atoms with Crippen molar-refractivity contribution in [2.75, 3.05) is 5.32 Å². The van der Waals surface area contributed by atoms with Crippen molar-refractivity contribution in [1.29, 1.82) is 0 Å². The third-order valence-corrected chi connectivity index (χ3v) is 4.28. The van der Waals surface area contributed by atoms with Crippen molar-refractivity contribution < 1.29 is 9.18 Å². The van der Waals surface area contributed by atoms with Gasteiger partial charge in [-0.05, 0) is 29.3 Å². The monoisotopic (exact) mass is 333 g/mol. The molecule has 0 saturated carbocycles. The minimum Gasteiger partial charge on any atom is -0.375 e. The molecule has 0 radical (unpaired) electrons. The number of hydrogen-bond acceptors (Lipinski definition) is 2. The van der Waals surface area contributed by atoms with Gasteiger partial charge in [-0.25, -0.2) is 4.39 Å². The van der Waals surface area contributed by atoms with Crippen LogP contribution in [0.2, 0.25) is 0 Å². The summed E-state index contributed by atoms with van der Waals surface area (Å²) in [6.45, 7) is 0. The number of para-hydroxylation sites is 1. The van der Waals surface area contributed by atoms with Crippen LogP contribution in [-0.2, 0) is 17.6 Å². The molecule has 2 aromatic rings. The number of ketones is 1. The lowest BCUT2D eigenvalue weighted by molar-refractivity contribution is -0.119. The molecule has 1 unspecified atom stereocenters. The predicted octanol–water partition coefficient (Wildman–Crippen LogP) is 3.74. The summed E-state index contributed by atoms with van der Waals surface area (Å²) in [5.74, 6) is -0.187. The van der Waals surface area contributed by atoms with Gasteiger partial charge < -0.3 is 5.32 Å². The molecule has 0 amide bonds. The van der Waals surface area contributed by atoms with Crippen LogP contribution < -0.4 is 5.32 Å². The lowest BCUT2D eigenvalue weighted by Gasteiger charge is -2.11. The molecule has 1 aliphatic rings. The second kappa shape index (κ2) is 5.37. The van der Waals surface area contributed by atoms with Gasteiger partial charge in [-0.2, -0.15) is 0 Å². The van der Waals surface area contributed by atoms with E-state index in [2.05, 4.69) is 21.2 Å². The molecular weight excluding hydrogens is 321 g/mol.